The second-order valence-corrected chi connectivity index (χ2v) is 9.97. The lowest BCUT2D eigenvalue weighted by atomic mass is 9.87. The molecule has 1 aliphatic carbocycles. The number of hydrogen-bond acceptors (Lipinski definition) is 4. The number of carbonyl (C=O) groups excluding carboxylic acids is 2. The highest BCUT2D eigenvalue weighted by molar-refractivity contribution is 5.81. The summed E-state index contributed by atoms with van der Waals surface area (Å²) >= 11 is 0. The third-order valence-corrected chi connectivity index (χ3v) is 6.91. The number of rotatable bonds is 11. The minimum Gasteiger partial charge on any atom is -0.481 e. The van der Waals surface area contributed by atoms with E-state index in [0.717, 1.165) is 22.3 Å². The molecule has 0 radical (unpaired) electrons. The van der Waals surface area contributed by atoms with Gasteiger partial charge in [-0.15, -0.1) is 0 Å². The number of benzene rings is 2. The molecule has 3 N–H and O–H groups in total. The maximum Gasteiger partial charge on any atom is 0.407 e. The van der Waals surface area contributed by atoms with Crippen molar-refractivity contribution < 1.29 is 24.2 Å². The van der Waals surface area contributed by atoms with Gasteiger partial charge in [-0.05, 0) is 47.9 Å². The van der Waals surface area contributed by atoms with Crippen LogP contribution in [-0.2, 0) is 14.3 Å². The topological polar surface area (TPSA) is 105 Å². The van der Waals surface area contributed by atoms with E-state index < -0.39 is 23.4 Å². The molecule has 2 amide bonds. The fourth-order valence-electron chi connectivity index (χ4n) is 4.49. The minimum absolute atomic E-state index is 0.0364. The Morgan fingerprint density at radius 3 is 2.09 bits per heavy atom. The Bertz CT molecular complexity index is 1020. The van der Waals surface area contributed by atoms with Gasteiger partial charge in [-0.2, -0.15) is 0 Å². The summed E-state index contributed by atoms with van der Waals surface area (Å²) in [7, 11) is 0. The van der Waals surface area contributed by atoms with Crippen LogP contribution in [0.4, 0.5) is 4.79 Å². The van der Waals surface area contributed by atoms with Crippen molar-refractivity contribution in [2.24, 2.45) is 17.3 Å². The number of carboxylic acid groups (broad SMARTS) is 1. The van der Waals surface area contributed by atoms with Crippen molar-refractivity contribution in [1.82, 2.24) is 10.6 Å². The fraction of sp³-hybridized carbons (Fsp3) is 0.464. The molecule has 7 heteroatoms. The number of fused-ring (bicyclic) bond motifs is 3. The molecule has 2 aromatic carbocycles. The zero-order valence-electron chi connectivity index (χ0n) is 21.0. The average molecular weight is 481 g/mol. The van der Waals surface area contributed by atoms with E-state index in [1.54, 1.807) is 13.8 Å². The summed E-state index contributed by atoms with van der Waals surface area (Å²) in [5, 5.41) is 15.0. The van der Waals surface area contributed by atoms with Crippen molar-refractivity contribution in [3.63, 3.8) is 0 Å². The third-order valence-electron chi connectivity index (χ3n) is 6.91. The number of carbonyl (C=O) groups is 3. The Balaban J connectivity index is 1.57. The van der Waals surface area contributed by atoms with Crippen LogP contribution in [0.2, 0.25) is 0 Å². The molecule has 0 saturated carbocycles. The molecule has 2 atom stereocenters. The average Bonchev–Trinajstić information content (AvgIpc) is 3.16. The van der Waals surface area contributed by atoms with E-state index in [1.165, 1.54) is 0 Å². The molecule has 35 heavy (non-hydrogen) atoms. The second kappa shape index (κ2) is 11.4. The number of ether oxygens (including phenoxy) is 1. The van der Waals surface area contributed by atoms with Gasteiger partial charge in [0.1, 0.15) is 6.61 Å². The summed E-state index contributed by atoms with van der Waals surface area (Å²) in [6.45, 7) is 7.76. The SMILES string of the molecule is CCC(C)(CNC(=O)C(CNC(=O)OCC1c2ccccc2-c2ccccc21)CC(C)C)C(=O)O. The first-order chi connectivity index (χ1) is 16.7. The van der Waals surface area contributed by atoms with E-state index in [1.807, 2.05) is 38.1 Å². The van der Waals surface area contributed by atoms with E-state index in [9.17, 15) is 19.5 Å². The lowest BCUT2D eigenvalue weighted by Gasteiger charge is -2.25. The molecule has 0 heterocycles. The summed E-state index contributed by atoms with van der Waals surface area (Å²) in [6, 6.07) is 16.3. The molecule has 0 aliphatic heterocycles. The number of carboxylic acids is 1. The maximum absolute atomic E-state index is 12.8. The van der Waals surface area contributed by atoms with Gasteiger partial charge >= 0.3 is 12.1 Å². The highest BCUT2D eigenvalue weighted by Gasteiger charge is 2.33. The van der Waals surface area contributed by atoms with Gasteiger partial charge in [0, 0.05) is 19.0 Å². The first kappa shape index (κ1) is 26.3. The molecule has 1 aliphatic rings. The van der Waals surface area contributed by atoms with Crippen molar-refractivity contribution in [2.75, 3.05) is 19.7 Å². The molecule has 0 spiro atoms. The van der Waals surface area contributed by atoms with Gasteiger partial charge in [-0.3, -0.25) is 9.59 Å². The Kier molecular flexibility index (Phi) is 8.54. The van der Waals surface area contributed by atoms with Gasteiger partial charge in [-0.1, -0.05) is 69.3 Å². The van der Waals surface area contributed by atoms with E-state index >= 15 is 0 Å². The van der Waals surface area contributed by atoms with Crippen LogP contribution in [0.3, 0.4) is 0 Å². The Hall–Kier alpha value is -3.35. The summed E-state index contributed by atoms with van der Waals surface area (Å²) in [6.07, 6.45) is 0.387. The monoisotopic (exact) mass is 480 g/mol. The fourth-order valence-corrected chi connectivity index (χ4v) is 4.49. The van der Waals surface area contributed by atoms with Gasteiger partial charge in [0.25, 0.3) is 0 Å². The first-order valence-electron chi connectivity index (χ1n) is 12.3. The second-order valence-electron chi connectivity index (χ2n) is 9.97. The van der Waals surface area contributed by atoms with Crippen LogP contribution in [0.1, 0.15) is 57.6 Å². The molecular formula is C28H36N2O5. The van der Waals surface area contributed by atoms with Gasteiger partial charge in [0.05, 0.1) is 11.3 Å². The number of amides is 2. The van der Waals surface area contributed by atoms with Crippen molar-refractivity contribution >= 4 is 18.0 Å². The van der Waals surface area contributed by atoms with Crippen molar-refractivity contribution in [1.29, 1.82) is 0 Å². The summed E-state index contributed by atoms with van der Waals surface area (Å²) in [5.41, 5.74) is 3.56. The van der Waals surface area contributed by atoms with Gasteiger partial charge in [0.15, 0.2) is 0 Å². The van der Waals surface area contributed by atoms with E-state index in [-0.39, 0.29) is 37.4 Å². The van der Waals surface area contributed by atoms with E-state index in [4.69, 9.17) is 4.74 Å². The van der Waals surface area contributed by atoms with Crippen LogP contribution in [0, 0.1) is 17.3 Å². The molecule has 0 fully saturated rings. The number of nitrogens with one attached hydrogen (secondary N) is 2. The molecule has 2 unspecified atom stereocenters. The van der Waals surface area contributed by atoms with E-state index in [0.29, 0.717) is 12.8 Å². The zero-order chi connectivity index (χ0) is 25.6. The lowest BCUT2D eigenvalue weighted by molar-refractivity contribution is -0.148. The molecule has 0 saturated heterocycles. The molecular weight excluding hydrogens is 444 g/mol. The van der Waals surface area contributed by atoms with Gasteiger partial charge in [0.2, 0.25) is 5.91 Å². The largest absolute Gasteiger partial charge is 0.481 e. The lowest BCUT2D eigenvalue weighted by Crippen LogP contribution is -2.45. The summed E-state index contributed by atoms with van der Waals surface area (Å²) < 4.78 is 5.58. The molecule has 3 rings (SSSR count). The molecule has 7 nitrogen and oxygen atoms in total. The standard InChI is InChI=1S/C28H36N2O5/c1-5-28(4,26(32)33)17-30-25(31)19(14-18(2)3)15-29-27(34)35-16-24-22-12-8-6-10-20(22)21-11-7-9-13-23(21)24/h6-13,18-19,24H,5,14-17H2,1-4H3,(H,29,34)(H,30,31)(H,32,33). The van der Waals surface area contributed by atoms with E-state index in [2.05, 4.69) is 34.9 Å². The van der Waals surface area contributed by atoms with Crippen molar-refractivity contribution in [3.8, 4) is 11.1 Å². The minimum atomic E-state index is -1.03. The Morgan fingerprint density at radius 2 is 1.57 bits per heavy atom. The first-order valence-corrected chi connectivity index (χ1v) is 12.3. The molecule has 0 aromatic heterocycles. The summed E-state index contributed by atoms with van der Waals surface area (Å²) in [5.74, 6) is -1.50. The third kappa shape index (κ3) is 6.21. The summed E-state index contributed by atoms with van der Waals surface area (Å²) in [4.78, 5) is 36.9. The van der Waals surface area contributed by atoms with Crippen LogP contribution < -0.4 is 10.6 Å². The number of alkyl carbamates (subject to hydrolysis) is 1. The number of aliphatic carboxylic acids is 1. The van der Waals surface area contributed by atoms with Crippen LogP contribution >= 0.6 is 0 Å². The van der Waals surface area contributed by atoms with Gasteiger partial charge in [-0.25, -0.2) is 4.79 Å². The highest BCUT2D eigenvalue weighted by atomic mass is 16.5. The molecule has 0 bridgehead atoms. The van der Waals surface area contributed by atoms with Crippen LogP contribution in [-0.4, -0.2) is 42.8 Å². The Morgan fingerprint density at radius 1 is 1.00 bits per heavy atom. The maximum atomic E-state index is 12.8. The van der Waals surface area contributed by atoms with Crippen LogP contribution in [0.15, 0.2) is 48.5 Å². The van der Waals surface area contributed by atoms with Crippen molar-refractivity contribution in [3.05, 3.63) is 59.7 Å². The van der Waals surface area contributed by atoms with Crippen molar-refractivity contribution in [2.45, 2.75) is 46.5 Å². The normalized spacial score (nSPS) is 15.0. The van der Waals surface area contributed by atoms with Crippen LogP contribution in [0.5, 0.6) is 0 Å². The molecule has 2 aromatic rings. The number of hydrogen-bond donors (Lipinski definition) is 3. The Labute approximate surface area is 207 Å². The van der Waals surface area contributed by atoms with Gasteiger partial charge < -0.3 is 20.5 Å². The predicted octanol–water partition coefficient (Wildman–Crippen LogP) is 4.80. The highest BCUT2D eigenvalue weighted by Crippen LogP contribution is 2.44. The quantitative estimate of drug-likeness (QED) is 0.428. The molecule has 188 valence electrons. The zero-order valence-corrected chi connectivity index (χ0v) is 21.0. The predicted molar refractivity (Wildman–Crippen MR) is 135 cm³/mol. The smallest absolute Gasteiger partial charge is 0.407 e. The van der Waals surface area contributed by atoms with Crippen LogP contribution in [0.25, 0.3) is 11.1 Å².